The predicted molar refractivity (Wildman–Crippen MR) is 75.8 cm³/mol. The van der Waals surface area contributed by atoms with Crippen molar-refractivity contribution in [1.82, 2.24) is 4.98 Å². The van der Waals surface area contributed by atoms with Gasteiger partial charge >= 0.3 is 0 Å². The molecule has 1 aromatic carbocycles. The summed E-state index contributed by atoms with van der Waals surface area (Å²) in [6, 6.07) is 9.48. The summed E-state index contributed by atoms with van der Waals surface area (Å²) in [7, 11) is 0. The molecule has 1 heterocycles. The molecule has 0 bridgehead atoms. The molecule has 0 saturated heterocycles. The number of ketones is 1. The van der Waals surface area contributed by atoms with E-state index in [4.69, 9.17) is 11.6 Å². The Morgan fingerprint density at radius 3 is 3.00 bits per heavy atom. The first-order valence-corrected chi connectivity index (χ1v) is 6.79. The molecule has 0 radical (unpaired) electrons. The van der Waals surface area contributed by atoms with Gasteiger partial charge in [-0.2, -0.15) is 0 Å². The second-order valence-electron chi connectivity index (χ2n) is 4.92. The molecule has 0 aliphatic heterocycles. The number of nitrogens with zero attached hydrogens (tertiary/aromatic N) is 1. The average molecular weight is 272 g/mol. The van der Waals surface area contributed by atoms with Gasteiger partial charge in [-0.15, -0.1) is 0 Å². The van der Waals surface area contributed by atoms with Crippen LogP contribution in [0.25, 0.3) is 0 Å². The molecule has 0 fully saturated rings. The Bertz CT molecular complexity index is 651. The van der Waals surface area contributed by atoms with Gasteiger partial charge in [-0.3, -0.25) is 9.78 Å². The minimum absolute atomic E-state index is 0.117. The highest BCUT2D eigenvalue weighted by Gasteiger charge is 2.31. The van der Waals surface area contributed by atoms with Gasteiger partial charge in [0.1, 0.15) is 0 Å². The van der Waals surface area contributed by atoms with E-state index in [0.29, 0.717) is 5.02 Å². The van der Waals surface area contributed by atoms with E-state index >= 15 is 0 Å². The van der Waals surface area contributed by atoms with Crippen molar-refractivity contribution < 1.29 is 4.79 Å². The SMILES string of the molecule is Cc1c(Cl)cccc1C(=O)C1CCc2cccnc21. The van der Waals surface area contributed by atoms with Gasteiger partial charge in [-0.25, -0.2) is 0 Å². The van der Waals surface area contributed by atoms with Crippen molar-refractivity contribution in [2.24, 2.45) is 0 Å². The Kier molecular flexibility index (Phi) is 3.11. The van der Waals surface area contributed by atoms with E-state index in [2.05, 4.69) is 11.1 Å². The maximum Gasteiger partial charge on any atom is 0.172 e. The Balaban J connectivity index is 2.00. The Hall–Kier alpha value is -1.67. The van der Waals surface area contributed by atoms with Crippen LogP contribution in [0.2, 0.25) is 5.02 Å². The second kappa shape index (κ2) is 4.78. The van der Waals surface area contributed by atoms with Gasteiger partial charge < -0.3 is 0 Å². The maximum atomic E-state index is 12.7. The van der Waals surface area contributed by atoms with Crippen molar-refractivity contribution in [2.75, 3.05) is 0 Å². The van der Waals surface area contributed by atoms with Crippen LogP contribution in [-0.4, -0.2) is 10.8 Å². The number of halogens is 1. The average Bonchev–Trinajstić information content (AvgIpc) is 2.85. The van der Waals surface area contributed by atoms with Crippen LogP contribution >= 0.6 is 11.6 Å². The predicted octanol–water partition coefficient (Wildman–Crippen LogP) is 3.96. The zero-order chi connectivity index (χ0) is 13.4. The first-order chi connectivity index (χ1) is 9.18. The fourth-order valence-electron chi connectivity index (χ4n) is 2.73. The number of pyridine rings is 1. The van der Waals surface area contributed by atoms with Gasteiger partial charge in [0.05, 0.1) is 11.6 Å². The highest BCUT2D eigenvalue weighted by molar-refractivity contribution is 6.31. The minimum atomic E-state index is -0.117. The number of hydrogen-bond acceptors (Lipinski definition) is 2. The van der Waals surface area contributed by atoms with Crippen molar-refractivity contribution in [1.29, 1.82) is 0 Å². The van der Waals surface area contributed by atoms with Crippen LogP contribution in [0.3, 0.4) is 0 Å². The molecule has 1 aliphatic rings. The molecular weight excluding hydrogens is 258 g/mol. The monoisotopic (exact) mass is 271 g/mol. The van der Waals surface area contributed by atoms with Crippen LogP contribution < -0.4 is 0 Å². The summed E-state index contributed by atoms with van der Waals surface area (Å²) in [6.07, 6.45) is 3.53. The summed E-state index contributed by atoms with van der Waals surface area (Å²) < 4.78 is 0. The fourth-order valence-corrected chi connectivity index (χ4v) is 2.90. The van der Waals surface area contributed by atoms with Crippen LogP contribution in [0.5, 0.6) is 0 Å². The van der Waals surface area contributed by atoms with Gasteiger partial charge in [0.15, 0.2) is 5.78 Å². The summed E-state index contributed by atoms with van der Waals surface area (Å²) >= 11 is 6.10. The maximum absolute atomic E-state index is 12.7. The lowest BCUT2D eigenvalue weighted by atomic mass is 9.92. The normalized spacial score (nSPS) is 17.3. The largest absolute Gasteiger partial charge is 0.293 e. The highest BCUT2D eigenvalue weighted by Crippen LogP contribution is 2.35. The number of aromatic nitrogens is 1. The van der Waals surface area contributed by atoms with E-state index in [1.54, 1.807) is 6.20 Å². The molecule has 0 saturated carbocycles. The number of rotatable bonds is 2. The topological polar surface area (TPSA) is 30.0 Å². The number of benzene rings is 1. The van der Waals surface area contributed by atoms with Crippen LogP contribution in [0.15, 0.2) is 36.5 Å². The fraction of sp³-hybridized carbons (Fsp3) is 0.250. The zero-order valence-corrected chi connectivity index (χ0v) is 11.4. The number of fused-ring (bicyclic) bond motifs is 1. The van der Waals surface area contributed by atoms with Crippen LogP contribution in [-0.2, 0) is 6.42 Å². The lowest BCUT2D eigenvalue weighted by Crippen LogP contribution is -2.12. The molecule has 0 spiro atoms. The highest BCUT2D eigenvalue weighted by atomic mass is 35.5. The third-order valence-electron chi connectivity index (χ3n) is 3.81. The van der Waals surface area contributed by atoms with E-state index in [1.807, 2.05) is 31.2 Å². The molecule has 96 valence electrons. The lowest BCUT2D eigenvalue weighted by molar-refractivity contribution is 0.0957. The molecule has 0 amide bonds. The number of hydrogen-bond donors (Lipinski definition) is 0. The molecule has 1 aromatic heterocycles. The van der Waals surface area contributed by atoms with Crippen molar-refractivity contribution in [2.45, 2.75) is 25.7 Å². The van der Waals surface area contributed by atoms with Gasteiger partial charge in [0.2, 0.25) is 0 Å². The summed E-state index contributed by atoms with van der Waals surface area (Å²) in [5.74, 6) is 0.0193. The summed E-state index contributed by atoms with van der Waals surface area (Å²) in [6.45, 7) is 1.89. The first kappa shape index (κ1) is 12.4. The lowest BCUT2D eigenvalue weighted by Gasteiger charge is -2.12. The number of carbonyl (C=O) groups excluding carboxylic acids is 1. The molecule has 1 atom stereocenters. The number of aryl methyl sites for hydroxylation is 1. The van der Waals surface area contributed by atoms with E-state index in [-0.39, 0.29) is 11.7 Å². The Morgan fingerprint density at radius 2 is 2.16 bits per heavy atom. The van der Waals surface area contributed by atoms with E-state index in [0.717, 1.165) is 29.7 Å². The van der Waals surface area contributed by atoms with Crippen molar-refractivity contribution >= 4 is 17.4 Å². The first-order valence-electron chi connectivity index (χ1n) is 6.41. The number of Topliss-reactive ketones (excluding diaryl/α,β-unsaturated/α-hetero) is 1. The Morgan fingerprint density at radius 1 is 1.32 bits per heavy atom. The molecule has 0 N–H and O–H groups in total. The molecule has 1 aliphatic carbocycles. The van der Waals surface area contributed by atoms with Crippen molar-refractivity contribution in [3.05, 3.63) is 63.9 Å². The third kappa shape index (κ3) is 2.06. The molecule has 3 heteroatoms. The Labute approximate surface area is 117 Å². The van der Waals surface area contributed by atoms with E-state index in [1.165, 1.54) is 5.56 Å². The molecule has 2 nitrogen and oxygen atoms in total. The smallest absolute Gasteiger partial charge is 0.172 e. The molecule has 19 heavy (non-hydrogen) atoms. The summed E-state index contributed by atoms with van der Waals surface area (Å²) in [5, 5.41) is 0.644. The molecule has 2 aromatic rings. The quantitative estimate of drug-likeness (QED) is 0.774. The minimum Gasteiger partial charge on any atom is -0.293 e. The van der Waals surface area contributed by atoms with E-state index in [9.17, 15) is 4.79 Å². The zero-order valence-electron chi connectivity index (χ0n) is 10.7. The van der Waals surface area contributed by atoms with Gasteiger partial charge in [0, 0.05) is 16.8 Å². The van der Waals surface area contributed by atoms with Crippen LogP contribution in [0, 0.1) is 6.92 Å². The van der Waals surface area contributed by atoms with Gasteiger partial charge in [0.25, 0.3) is 0 Å². The van der Waals surface area contributed by atoms with Crippen molar-refractivity contribution in [3.63, 3.8) is 0 Å². The van der Waals surface area contributed by atoms with E-state index < -0.39 is 0 Å². The van der Waals surface area contributed by atoms with Gasteiger partial charge in [-0.1, -0.05) is 29.8 Å². The standard InChI is InChI=1S/C16H14ClNO/c1-10-12(5-2-6-14(10)17)16(19)13-8-7-11-4-3-9-18-15(11)13/h2-6,9,13H,7-8H2,1H3. The number of carbonyl (C=O) groups is 1. The van der Waals surface area contributed by atoms with Crippen molar-refractivity contribution in [3.8, 4) is 0 Å². The molecule has 1 unspecified atom stereocenters. The van der Waals surface area contributed by atoms with Crippen LogP contribution in [0.1, 0.15) is 39.5 Å². The van der Waals surface area contributed by atoms with Gasteiger partial charge in [-0.05, 0) is 43.0 Å². The molecule has 3 rings (SSSR count). The molecular formula is C16H14ClNO. The summed E-state index contributed by atoms with van der Waals surface area (Å²) in [5.41, 5.74) is 3.71. The second-order valence-corrected chi connectivity index (χ2v) is 5.32. The summed E-state index contributed by atoms with van der Waals surface area (Å²) in [4.78, 5) is 17.1. The van der Waals surface area contributed by atoms with Crippen LogP contribution in [0.4, 0.5) is 0 Å². The third-order valence-corrected chi connectivity index (χ3v) is 4.22.